The van der Waals surface area contributed by atoms with Crippen molar-refractivity contribution in [2.75, 3.05) is 12.8 Å². The van der Waals surface area contributed by atoms with E-state index in [1.54, 1.807) is 0 Å². The first-order valence-corrected chi connectivity index (χ1v) is 3.68. The maximum Gasteiger partial charge on any atom is 0.340 e. The Morgan fingerprint density at radius 1 is 1.64 bits per heavy atom. The molecule has 0 saturated carbocycles. The molecule has 2 N–H and O–H groups in total. The van der Waals surface area contributed by atoms with Gasteiger partial charge in [-0.1, -0.05) is 0 Å². The molecule has 0 bridgehead atoms. The Balaban J connectivity index is 3.20. The summed E-state index contributed by atoms with van der Waals surface area (Å²) in [5, 5.41) is 0. The Morgan fingerprint density at radius 3 is 2.79 bits per heavy atom. The van der Waals surface area contributed by atoms with Gasteiger partial charge < -0.3 is 10.5 Å². The number of carbonyl (C=O) groups is 1. The number of nitrogens with two attached hydrogens (primary N) is 1. The number of carbonyl (C=O) groups excluding carboxylic acids is 1. The van der Waals surface area contributed by atoms with Gasteiger partial charge in [-0.2, -0.15) is 0 Å². The third kappa shape index (κ3) is 1.78. The van der Waals surface area contributed by atoms with Gasteiger partial charge in [0.15, 0.2) is 0 Å². The lowest BCUT2D eigenvalue weighted by Gasteiger charge is -2.07. The molecule has 1 aromatic heterocycles. The van der Waals surface area contributed by atoms with E-state index in [0.29, 0.717) is 0 Å². The summed E-state index contributed by atoms with van der Waals surface area (Å²) in [6.07, 6.45) is -1.72. The largest absolute Gasteiger partial charge is 0.465 e. The molecule has 1 heterocycles. The van der Waals surface area contributed by atoms with Gasteiger partial charge in [-0.15, -0.1) is 0 Å². The molecule has 0 atom stereocenters. The number of anilines is 1. The Morgan fingerprint density at radius 2 is 2.29 bits per heavy atom. The minimum atomic E-state index is -2.81. The van der Waals surface area contributed by atoms with E-state index < -0.39 is 18.1 Å². The van der Waals surface area contributed by atoms with E-state index >= 15 is 0 Å². The summed E-state index contributed by atoms with van der Waals surface area (Å²) in [7, 11) is 1.14. The molecule has 0 unspecified atom stereocenters. The van der Waals surface area contributed by atoms with E-state index in [1.165, 1.54) is 6.07 Å². The van der Waals surface area contributed by atoms with Crippen LogP contribution in [0.5, 0.6) is 0 Å². The van der Waals surface area contributed by atoms with Crippen molar-refractivity contribution in [2.24, 2.45) is 0 Å². The van der Waals surface area contributed by atoms with Crippen molar-refractivity contribution in [1.82, 2.24) is 4.98 Å². The van der Waals surface area contributed by atoms with Crippen LogP contribution >= 0.6 is 0 Å². The van der Waals surface area contributed by atoms with Gasteiger partial charge in [-0.05, 0) is 6.07 Å². The van der Waals surface area contributed by atoms with Crippen LogP contribution in [-0.4, -0.2) is 18.1 Å². The minimum Gasteiger partial charge on any atom is -0.465 e. The lowest BCUT2D eigenvalue weighted by molar-refractivity contribution is 0.0601. The summed E-state index contributed by atoms with van der Waals surface area (Å²) in [6.45, 7) is 0. The van der Waals surface area contributed by atoms with E-state index in [0.717, 1.165) is 13.3 Å². The van der Waals surface area contributed by atoms with Gasteiger partial charge in [0.25, 0.3) is 6.43 Å². The SMILES string of the molecule is COC(=O)c1ccnc(C(F)F)c1N. The second-order valence-corrected chi connectivity index (χ2v) is 2.45. The normalized spacial score (nSPS) is 10.3. The van der Waals surface area contributed by atoms with Crippen molar-refractivity contribution in [3.63, 3.8) is 0 Å². The number of rotatable bonds is 2. The van der Waals surface area contributed by atoms with Crippen molar-refractivity contribution >= 4 is 11.7 Å². The standard InChI is InChI=1S/C8H8F2N2O2/c1-14-8(13)4-2-3-12-6(5(4)11)7(9)10/h2-3,7H,11H2,1H3. The molecule has 0 aliphatic carbocycles. The van der Waals surface area contributed by atoms with Crippen LogP contribution in [0.2, 0.25) is 0 Å². The number of methoxy groups -OCH3 is 1. The Hall–Kier alpha value is -1.72. The molecule has 0 amide bonds. The number of alkyl halides is 2. The van der Waals surface area contributed by atoms with Gasteiger partial charge in [0.05, 0.1) is 18.4 Å². The summed E-state index contributed by atoms with van der Waals surface area (Å²) in [4.78, 5) is 14.4. The van der Waals surface area contributed by atoms with Crippen molar-refractivity contribution in [2.45, 2.75) is 6.43 Å². The summed E-state index contributed by atoms with van der Waals surface area (Å²) in [6, 6.07) is 1.23. The van der Waals surface area contributed by atoms with Crippen LogP contribution in [0.1, 0.15) is 22.5 Å². The van der Waals surface area contributed by atoms with E-state index in [9.17, 15) is 13.6 Å². The van der Waals surface area contributed by atoms with Gasteiger partial charge in [-0.25, -0.2) is 13.6 Å². The van der Waals surface area contributed by atoms with E-state index in [-0.39, 0.29) is 11.3 Å². The van der Waals surface area contributed by atoms with Crippen molar-refractivity contribution in [1.29, 1.82) is 0 Å². The fraction of sp³-hybridized carbons (Fsp3) is 0.250. The average molecular weight is 202 g/mol. The van der Waals surface area contributed by atoms with Crippen LogP contribution in [0.4, 0.5) is 14.5 Å². The van der Waals surface area contributed by atoms with E-state index in [4.69, 9.17) is 5.73 Å². The predicted octanol–water partition coefficient (Wildman–Crippen LogP) is 1.39. The first kappa shape index (κ1) is 10.4. The predicted molar refractivity (Wildman–Crippen MR) is 44.9 cm³/mol. The minimum absolute atomic E-state index is 0.0993. The van der Waals surface area contributed by atoms with Crippen LogP contribution in [0.25, 0.3) is 0 Å². The Labute approximate surface area is 78.7 Å². The fourth-order valence-corrected chi connectivity index (χ4v) is 0.951. The molecule has 0 aliphatic rings. The summed E-state index contributed by atoms with van der Waals surface area (Å²) >= 11 is 0. The number of halogens is 2. The first-order chi connectivity index (χ1) is 6.57. The van der Waals surface area contributed by atoms with Gasteiger partial charge in [-0.3, -0.25) is 4.98 Å². The maximum atomic E-state index is 12.3. The molecule has 6 heteroatoms. The molecule has 0 spiro atoms. The molecular formula is C8H8F2N2O2. The zero-order valence-corrected chi connectivity index (χ0v) is 7.33. The third-order valence-corrected chi connectivity index (χ3v) is 1.63. The number of aromatic nitrogens is 1. The molecule has 14 heavy (non-hydrogen) atoms. The zero-order chi connectivity index (χ0) is 10.7. The van der Waals surface area contributed by atoms with Gasteiger partial charge in [0.1, 0.15) is 5.69 Å². The highest BCUT2D eigenvalue weighted by molar-refractivity contribution is 5.95. The molecule has 0 fully saturated rings. The van der Waals surface area contributed by atoms with E-state index in [1.807, 2.05) is 0 Å². The van der Waals surface area contributed by atoms with Crippen LogP contribution in [0.15, 0.2) is 12.3 Å². The molecule has 0 aliphatic heterocycles. The number of nitrogen functional groups attached to an aromatic ring is 1. The lowest BCUT2D eigenvalue weighted by atomic mass is 10.2. The number of ether oxygens (including phenoxy) is 1. The number of nitrogens with zero attached hydrogens (tertiary/aromatic N) is 1. The first-order valence-electron chi connectivity index (χ1n) is 3.68. The van der Waals surface area contributed by atoms with E-state index in [2.05, 4.69) is 9.72 Å². The molecule has 0 radical (unpaired) electrons. The maximum absolute atomic E-state index is 12.3. The molecule has 76 valence electrons. The van der Waals surface area contributed by atoms with Crippen molar-refractivity contribution in [3.05, 3.63) is 23.5 Å². The molecular weight excluding hydrogens is 194 g/mol. The smallest absolute Gasteiger partial charge is 0.340 e. The highest BCUT2D eigenvalue weighted by Crippen LogP contribution is 2.25. The van der Waals surface area contributed by atoms with Gasteiger partial charge >= 0.3 is 5.97 Å². The zero-order valence-electron chi connectivity index (χ0n) is 7.33. The number of esters is 1. The third-order valence-electron chi connectivity index (χ3n) is 1.63. The average Bonchev–Trinajstić information content (AvgIpc) is 2.16. The number of hydrogen-bond acceptors (Lipinski definition) is 4. The lowest BCUT2D eigenvalue weighted by Crippen LogP contribution is -2.09. The highest BCUT2D eigenvalue weighted by atomic mass is 19.3. The second-order valence-electron chi connectivity index (χ2n) is 2.45. The Bertz CT molecular complexity index is 355. The van der Waals surface area contributed by atoms with Crippen LogP contribution in [0, 0.1) is 0 Å². The molecule has 1 aromatic rings. The summed E-state index contributed by atoms with van der Waals surface area (Å²) in [5.41, 5.74) is 4.28. The second kappa shape index (κ2) is 3.99. The van der Waals surface area contributed by atoms with Crippen LogP contribution < -0.4 is 5.73 Å². The fourth-order valence-electron chi connectivity index (χ4n) is 0.951. The number of hydrogen-bond donors (Lipinski definition) is 1. The van der Waals surface area contributed by atoms with Crippen molar-refractivity contribution < 1.29 is 18.3 Å². The molecule has 0 saturated heterocycles. The quantitative estimate of drug-likeness (QED) is 0.736. The molecule has 0 aromatic carbocycles. The summed E-state index contributed by atoms with van der Waals surface area (Å²) < 4.78 is 28.9. The summed E-state index contributed by atoms with van der Waals surface area (Å²) in [5.74, 6) is -0.758. The van der Waals surface area contributed by atoms with Gasteiger partial charge in [0, 0.05) is 6.20 Å². The topological polar surface area (TPSA) is 65.2 Å². The van der Waals surface area contributed by atoms with Crippen LogP contribution in [-0.2, 0) is 4.74 Å². The monoisotopic (exact) mass is 202 g/mol. The molecule has 1 rings (SSSR count). The Kier molecular flexibility index (Phi) is 2.95. The molecule has 4 nitrogen and oxygen atoms in total. The van der Waals surface area contributed by atoms with Gasteiger partial charge in [0.2, 0.25) is 0 Å². The van der Waals surface area contributed by atoms with Crippen LogP contribution in [0.3, 0.4) is 0 Å². The number of pyridine rings is 1. The van der Waals surface area contributed by atoms with Crippen molar-refractivity contribution in [3.8, 4) is 0 Å². The highest BCUT2D eigenvalue weighted by Gasteiger charge is 2.19.